The van der Waals surface area contributed by atoms with Crippen LogP contribution < -0.4 is 5.32 Å². The highest BCUT2D eigenvalue weighted by Crippen LogP contribution is 2.24. The molecule has 0 saturated carbocycles. The van der Waals surface area contributed by atoms with Crippen LogP contribution in [-0.2, 0) is 14.7 Å². The summed E-state index contributed by atoms with van der Waals surface area (Å²) < 4.78 is 65.8. The average Bonchev–Trinajstić information content (AvgIpc) is 2.45. The molecule has 1 N–H and O–H groups in total. The van der Waals surface area contributed by atoms with Crippen LogP contribution in [0.2, 0.25) is 0 Å². The van der Waals surface area contributed by atoms with Crippen molar-refractivity contribution in [3.63, 3.8) is 0 Å². The molecule has 0 bridgehead atoms. The van der Waals surface area contributed by atoms with Gasteiger partial charge in [0.1, 0.15) is 9.92 Å². The quantitative estimate of drug-likeness (QED) is 0.827. The van der Waals surface area contributed by atoms with E-state index in [0.717, 1.165) is 24.3 Å². The first-order valence-corrected chi connectivity index (χ1v) is 8.28. The normalized spacial score (nSPS) is 15.5. The SMILES string of the molecule is CN(C)S(C)(=O)=NC(=O)c1ccc(NC(=O)C(F)C(F)(F)F)cc1. The number of hydrogen-bond donors (Lipinski definition) is 1. The maximum Gasteiger partial charge on any atom is 0.428 e. The van der Waals surface area contributed by atoms with Gasteiger partial charge >= 0.3 is 6.18 Å². The topological polar surface area (TPSA) is 78.8 Å². The second kappa shape index (κ2) is 7.26. The van der Waals surface area contributed by atoms with Gasteiger partial charge in [0, 0.05) is 31.6 Å². The molecule has 0 radical (unpaired) electrons. The minimum absolute atomic E-state index is 0.0112. The lowest BCUT2D eigenvalue weighted by atomic mass is 10.2. The maximum atomic E-state index is 12.8. The van der Waals surface area contributed by atoms with Crippen molar-refractivity contribution in [2.45, 2.75) is 12.3 Å². The zero-order valence-electron chi connectivity index (χ0n) is 12.9. The number of amides is 2. The van der Waals surface area contributed by atoms with Crippen molar-refractivity contribution in [2.75, 3.05) is 25.7 Å². The lowest BCUT2D eigenvalue weighted by molar-refractivity contribution is -0.183. The molecule has 24 heavy (non-hydrogen) atoms. The molecule has 0 aromatic heterocycles. The summed E-state index contributed by atoms with van der Waals surface area (Å²) in [5, 5.41) is 1.74. The van der Waals surface area contributed by atoms with Gasteiger partial charge in [-0.25, -0.2) is 12.9 Å². The second-order valence-corrected chi connectivity index (χ2v) is 7.38. The van der Waals surface area contributed by atoms with Crippen molar-refractivity contribution in [1.29, 1.82) is 0 Å². The van der Waals surface area contributed by atoms with E-state index in [0.29, 0.717) is 0 Å². The van der Waals surface area contributed by atoms with Crippen LogP contribution in [0.5, 0.6) is 0 Å². The van der Waals surface area contributed by atoms with E-state index >= 15 is 0 Å². The third-order valence-corrected chi connectivity index (χ3v) is 4.71. The van der Waals surface area contributed by atoms with E-state index in [1.165, 1.54) is 24.7 Å². The summed E-state index contributed by atoms with van der Waals surface area (Å²) in [7, 11) is 0.0681. The van der Waals surface area contributed by atoms with Gasteiger partial charge in [-0.1, -0.05) is 0 Å². The number of nitrogens with zero attached hydrogens (tertiary/aromatic N) is 2. The molecule has 0 spiro atoms. The summed E-state index contributed by atoms with van der Waals surface area (Å²) in [4.78, 5) is 23.0. The molecule has 2 amide bonds. The molecule has 11 heteroatoms. The first-order chi connectivity index (χ1) is 10.8. The van der Waals surface area contributed by atoms with Gasteiger partial charge in [0.25, 0.3) is 18.0 Å². The molecule has 1 aromatic carbocycles. The van der Waals surface area contributed by atoms with Gasteiger partial charge in [0.2, 0.25) is 0 Å². The molecule has 1 rings (SSSR count). The van der Waals surface area contributed by atoms with E-state index < -0.39 is 34.1 Å². The Bertz CT molecular complexity index is 738. The molecule has 134 valence electrons. The van der Waals surface area contributed by atoms with Crippen molar-refractivity contribution in [3.05, 3.63) is 29.8 Å². The van der Waals surface area contributed by atoms with Crippen LogP contribution >= 0.6 is 0 Å². The highest BCUT2D eigenvalue weighted by Gasteiger charge is 2.45. The first-order valence-electron chi connectivity index (χ1n) is 6.40. The number of hydrogen-bond acceptors (Lipinski definition) is 3. The molecule has 0 saturated heterocycles. The Morgan fingerprint density at radius 1 is 1.21 bits per heavy atom. The zero-order chi connectivity index (χ0) is 18.7. The molecule has 6 nitrogen and oxygen atoms in total. The van der Waals surface area contributed by atoms with Crippen molar-refractivity contribution < 1.29 is 31.4 Å². The van der Waals surface area contributed by atoms with Gasteiger partial charge in [-0.05, 0) is 24.3 Å². The van der Waals surface area contributed by atoms with E-state index in [2.05, 4.69) is 4.36 Å². The molecule has 0 aliphatic heterocycles. The highest BCUT2D eigenvalue weighted by molar-refractivity contribution is 7.90. The van der Waals surface area contributed by atoms with Gasteiger partial charge in [-0.15, -0.1) is 4.36 Å². The van der Waals surface area contributed by atoms with Gasteiger partial charge in [-0.2, -0.15) is 13.2 Å². The molecule has 0 fully saturated rings. The van der Waals surface area contributed by atoms with Gasteiger partial charge in [-0.3, -0.25) is 9.59 Å². The van der Waals surface area contributed by atoms with Crippen molar-refractivity contribution >= 4 is 27.4 Å². The van der Waals surface area contributed by atoms with Crippen molar-refractivity contribution in [2.24, 2.45) is 4.36 Å². The highest BCUT2D eigenvalue weighted by atomic mass is 32.2. The second-order valence-electron chi connectivity index (χ2n) is 4.94. The van der Waals surface area contributed by atoms with Crippen LogP contribution in [0.1, 0.15) is 10.4 Å². The number of anilines is 1. The molecule has 0 heterocycles. The summed E-state index contributed by atoms with van der Waals surface area (Å²) >= 11 is 0. The van der Waals surface area contributed by atoms with E-state index in [4.69, 9.17) is 0 Å². The third kappa shape index (κ3) is 5.27. The monoisotopic (exact) mass is 369 g/mol. The van der Waals surface area contributed by atoms with E-state index in [1.807, 2.05) is 0 Å². The van der Waals surface area contributed by atoms with Crippen LogP contribution in [0, 0.1) is 0 Å². The lowest BCUT2D eigenvalue weighted by Gasteiger charge is -2.13. The third-order valence-electron chi connectivity index (χ3n) is 2.85. The van der Waals surface area contributed by atoms with Crippen LogP contribution in [-0.4, -0.2) is 53.0 Å². The number of halogens is 4. The van der Waals surface area contributed by atoms with Gasteiger partial charge in [0.15, 0.2) is 0 Å². The van der Waals surface area contributed by atoms with E-state index in [9.17, 15) is 31.4 Å². The minimum Gasteiger partial charge on any atom is -0.323 e. The number of carbonyl (C=O) groups is 2. The van der Waals surface area contributed by atoms with Crippen LogP contribution in [0.25, 0.3) is 0 Å². The zero-order valence-corrected chi connectivity index (χ0v) is 13.7. The molecule has 1 aromatic rings. The maximum absolute atomic E-state index is 12.8. The Morgan fingerprint density at radius 2 is 1.71 bits per heavy atom. The molecule has 0 aliphatic carbocycles. The van der Waals surface area contributed by atoms with Crippen LogP contribution in [0.15, 0.2) is 28.6 Å². The summed E-state index contributed by atoms with van der Waals surface area (Å²) in [5.41, 5.74) is -0.120. The van der Waals surface area contributed by atoms with E-state index in [1.54, 1.807) is 5.32 Å². The van der Waals surface area contributed by atoms with Crippen LogP contribution in [0.3, 0.4) is 0 Å². The molecule has 2 atom stereocenters. The Kier molecular flexibility index (Phi) is 6.06. The fourth-order valence-corrected chi connectivity index (χ4v) is 1.91. The Labute approximate surface area is 136 Å². The van der Waals surface area contributed by atoms with Crippen molar-refractivity contribution in [1.82, 2.24) is 4.31 Å². The smallest absolute Gasteiger partial charge is 0.323 e. The summed E-state index contributed by atoms with van der Waals surface area (Å²) in [5.74, 6) is -2.66. The number of rotatable bonds is 4. The Morgan fingerprint density at radius 3 is 2.12 bits per heavy atom. The molecular formula is C13H15F4N3O3S. The number of nitrogens with one attached hydrogen (secondary N) is 1. The number of carbonyl (C=O) groups excluding carboxylic acids is 2. The predicted octanol–water partition coefficient (Wildman–Crippen LogP) is 2.24. The molecule has 2 unspecified atom stereocenters. The fraction of sp³-hybridized carbons (Fsp3) is 0.385. The minimum atomic E-state index is -5.30. The van der Waals surface area contributed by atoms with Crippen molar-refractivity contribution in [3.8, 4) is 0 Å². The van der Waals surface area contributed by atoms with Gasteiger partial charge < -0.3 is 5.32 Å². The standard InChI is InChI=1S/C13H15F4N3O3S/c1-20(2)24(3,23)19-11(21)8-4-6-9(7-5-8)18-12(22)10(14)13(15,16)17/h4-7,10H,1-3H3,(H,18,22). The number of alkyl halides is 4. The first kappa shape index (κ1) is 20.0. The fourth-order valence-electron chi connectivity index (χ4n) is 1.34. The summed E-state index contributed by atoms with van der Waals surface area (Å²) in [6.45, 7) is 0. The Balaban J connectivity index is 2.89. The molecule has 0 aliphatic rings. The average molecular weight is 369 g/mol. The van der Waals surface area contributed by atoms with Crippen LogP contribution in [0.4, 0.5) is 23.2 Å². The lowest BCUT2D eigenvalue weighted by Crippen LogP contribution is -2.36. The predicted molar refractivity (Wildman–Crippen MR) is 80.5 cm³/mol. The summed E-state index contributed by atoms with van der Waals surface area (Å²) in [6.07, 6.45) is -7.69. The van der Waals surface area contributed by atoms with E-state index in [-0.39, 0.29) is 11.3 Å². The largest absolute Gasteiger partial charge is 0.428 e. The molecular weight excluding hydrogens is 354 g/mol. The van der Waals surface area contributed by atoms with Gasteiger partial charge in [0.05, 0.1) is 0 Å². The Hall–Kier alpha value is -2.01. The summed E-state index contributed by atoms with van der Waals surface area (Å²) in [6, 6.07) is 4.54. The number of benzene rings is 1.